The molecule has 0 atom stereocenters. The van der Waals surface area contributed by atoms with Gasteiger partial charge in [0.15, 0.2) is 5.96 Å². The number of guanidine groups is 1. The zero-order chi connectivity index (χ0) is 11.1. The number of aliphatic hydroxyl groups excluding tert-OH is 1. The van der Waals surface area contributed by atoms with Gasteiger partial charge in [0.25, 0.3) is 0 Å². The predicted molar refractivity (Wildman–Crippen MR) is 75.6 cm³/mol. The summed E-state index contributed by atoms with van der Waals surface area (Å²) in [4.78, 5) is 3.88. The van der Waals surface area contributed by atoms with Gasteiger partial charge in [-0.3, -0.25) is 4.99 Å². The molecule has 0 radical (unpaired) electrons. The van der Waals surface area contributed by atoms with Gasteiger partial charge >= 0.3 is 0 Å². The van der Waals surface area contributed by atoms with Crippen molar-refractivity contribution < 1.29 is 9.84 Å². The number of hydrogen-bond acceptors (Lipinski definition) is 3. The number of aliphatic imine (C=N–C) groups is 1. The Morgan fingerprint density at radius 2 is 2.06 bits per heavy atom. The van der Waals surface area contributed by atoms with E-state index in [1.54, 1.807) is 7.11 Å². The van der Waals surface area contributed by atoms with Crippen molar-refractivity contribution in [2.75, 3.05) is 25.6 Å². The van der Waals surface area contributed by atoms with E-state index in [0.29, 0.717) is 6.54 Å². The van der Waals surface area contributed by atoms with Crippen LogP contribution in [0.1, 0.15) is 0 Å². The number of benzene rings is 1. The largest absolute Gasteiger partial charge is 0.497 e. The highest BCUT2D eigenvalue weighted by Crippen LogP contribution is 2.14. The molecule has 0 heterocycles. The molecule has 0 aliphatic rings. The molecule has 0 amide bonds. The number of hydrogen-bond donors (Lipinski definition) is 3. The second-order valence-electron chi connectivity index (χ2n) is 2.84. The molecule has 0 aliphatic carbocycles. The van der Waals surface area contributed by atoms with Crippen molar-refractivity contribution in [3.8, 4) is 5.75 Å². The first-order chi connectivity index (χ1) is 7.26. The summed E-state index contributed by atoms with van der Waals surface area (Å²) < 4.78 is 5.02. The molecule has 0 spiro atoms. The maximum Gasteiger partial charge on any atom is 0.193 e. The molecule has 1 aromatic carbocycles. The summed E-state index contributed by atoms with van der Waals surface area (Å²) in [6, 6.07) is 7.31. The van der Waals surface area contributed by atoms with Crippen LogP contribution in [-0.4, -0.2) is 31.3 Å². The van der Waals surface area contributed by atoms with Crippen LogP contribution in [0, 0.1) is 0 Å². The zero-order valence-electron chi connectivity index (χ0n) is 9.01. The third-order valence-electron chi connectivity index (χ3n) is 1.74. The van der Waals surface area contributed by atoms with Crippen LogP contribution in [0.4, 0.5) is 5.69 Å². The molecule has 0 aliphatic heterocycles. The first-order valence-electron chi connectivity index (χ1n) is 4.58. The molecular weight excluding hydrogens is 321 g/mol. The first kappa shape index (κ1) is 15.0. The number of rotatable bonds is 4. The van der Waals surface area contributed by atoms with E-state index in [1.807, 2.05) is 24.3 Å². The molecule has 0 aromatic heterocycles. The van der Waals surface area contributed by atoms with Crippen molar-refractivity contribution in [2.45, 2.75) is 0 Å². The summed E-state index contributed by atoms with van der Waals surface area (Å²) in [6.45, 7) is 0.292. The van der Waals surface area contributed by atoms with Gasteiger partial charge in [-0.2, -0.15) is 0 Å². The number of ether oxygens (including phenoxy) is 1. The van der Waals surface area contributed by atoms with E-state index < -0.39 is 0 Å². The normalized spacial score (nSPS) is 10.5. The summed E-state index contributed by atoms with van der Waals surface area (Å²) >= 11 is 0. The number of halogens is 1. The summed E-state index contributed by atoms with van der Waals surface area (Å²) in [5.74, 6) is 1.07. The third kappa shape index (κ3) is 5.17. The Morgan fingerprint density at radius 3 is 2.56 bits per heavy atom. The first-order valence-corrected chi connectivity index (χ1v) is 4.58. The molecule has 0 unspecified atom stereocenters. The van der Waals surface area contributed by atoms with Gasteiger partial charge in [0, 0.05) is 5.69 Å². The highest BCUT2D eigenvalue weighted by Gasteiger charge is 1.95. The van der Waals surface area contributed by atoms with Crippen LogP contribution < -0.4 is 15.8 Å². The number of anilines is 1. The smallest absolute Gasteiger partial charge is 0.193 e. The van der Waals surface area contributed by atoms with Gasteiger partial charge in [-0.1, -0.05) is 0 Å². The molecule has 6 heteroatoms. The lowest BCUT2D eigenvalue weighted by atomic mass is 10.3. The van der Waals surface area contributed by atoms with Crippen molar-refractivity contribution >= 4 is 35.6 Å². The fourth-order valence-corrected chi connectivity index (χ4v) is 1.03. The zero-order valence-corrected chi connectivity index (χ0v) is 11.3. The van der Waals surface area contributed by atoms with E-state index in [2.05, 4.69) is 10.3 Å². The van der Waals surface area contributed by atoms with E-state index in [-0.39, 0.29) is 36.5 Å². The third-order valence-corrected chi connectivity index (χ3v) is 1.74. The van der Waals surface area contributed by atoms with Gasteiger partial charge in [0.05, 0.1) is 20.3 Å². The Balaban J connectivity index is 0.00000225. The maximum atomic E-state index is 8.54. The Bertz CT molecular complexity index is 327. The molecule has 0 saturated carbocycles. The molecule has 90 valence electrons. The molecule has 0 bridgehead atoms. The lowest BCUT2D eigenvalue weighted by Gasteiger charge is -2.06. The van der Waals surface area contributed by atoms with Crippen LogP contribution in [0.3, 0.4) is 0 Å². The fraction of sp³-hybridized carbons (Fsp3) is 0.300. The Hall–Kier alpha value is -1.02. The minimum atomic E-state index is -0.00894. The van der Waals surface area contributed by atoms with Crippen molar-refractivity contribution in [2.24, 2.45) is 10.7 Å². The van der Waals surface area contributed by atoms with Gasteiger partial charge in [-0.25, -0.2) is 0 Å². The minimum absolute atomic E-state index is 0. The van der Waals surface area contributed by atoms with Gasteiger partial charge in [0.1, 0.15) is 5.75 Å². The quantitative estimate of drug-likeness (QED) is 0.436. The van der Waals surface area contributed by atoms with Crippen LogP contribution in [-0.2, 0) is 0 Å². The maximum absolute atomic E-state index is 8.54. The molecule has 1 rings (SSSR count). The van der Waals surface area contributed by atoms with E-state index in [9.17, 15) is 0 Å². The summed E-state index contributed by atoms with van der Waals surface area (Å²) in [5.41, 5.74) is 6.39. The molecular formula is C10H16IN3O2. The van der Waals surface area contributed by atoms with E-state index in [1.165, 1.54) is 0 Å². The highest BCUT2D eigenvalue weighted by molar-refractivity contribution is 14.0. The van der Waals surface area contributed by atoms with Crippen LogP contribution in [0.25, 0.3) is 0 Å². The average Bonchev–Trinajstić information content (AvgIpc) is 2.27. The molecule has 4 N–H and O–H groups in total. The summed E-state index contributed by atoms with van der Waals surface area (Å²) in [7, 11) is 1.61. The second-order valence-corrected chi connectivity index (χ2v) is 2.84. The SMILES string of the molecule is COc1ccc(NC(N)=NCCO)cc1.I. The number of methoxy groups -OCH3 is 1. The van der Waals surface area contributed by atoms with Crippen molar-refractivity contribution in [3.63, 3.8) is 0 Å². The fourth-order valence-electron chi connectivity index (χ4n) is 1.03. The van der Waals surface area contributed by atoms with E-state index >= 15 is 0 Å². The van der Waals surface area contributed by atoms with Crippen molar-refractivity contribution in [1.29, 1.82) is 0 Å². The van der Waals surface area contributed by atoms with E-state index in [4.69, 9.17) is 15.6 Å². The summed E-state index contributed by atoms with van der Waals surface area (Å²) in [6.07, 6.45) is 0. The molecule has 16 heavy (non-hydrogen) atoms. The van der Waals surface area contributed by atoms with Crippen LogP contribution >= 0.6 is 24.0 Å². The number of nitrogens with zero attached hydrogens (tertiary/aromatic N) is 1. The van der Waals surface area contributed by atoms with Gasteiger partial charge < -0.3 is 20.9 Å². The monoisotopic (exact) mass is 337 g/mol. The molecule has 0 fully saturated rings. The number of nitrogens with one attached hydrogen (secondary N) is 1. The van der Waals surface area contributed by atoms with Gasteiger partial charge in [0.2, 0.25) is 0 Å². The second kappa shape index (κ2) is 8.17. The summed E-state index contributed by atoms with van der Waals surface area (Å²) in [5, 5.41) is 11.4. The van der Waals surface area contributed by atoms with E-state index in [0.717, 1.165) is 11.4 Å². The Morgan fingerprint density at radius 1 is 1.44 bits per heavy atom. The lowest BCUT2D eigenvalue weighted by molar-refractivity contribution is 0.307. The lowest BCUT2D eigenvalue weighted by Crippen LogP contribution is -2.23. The molecule has 0 saturated heterocycles. The highest BCUT2D eigenvalue weighted by atomic mass is 127. The minimum Gasteiger partial charge on any atom is -0.497 e. The Labute approximate surface area is 112 Å². The average molecular weight is 337 g/mol. The van der Waals surface area contributed by atoms with Gasteiger partial charge in [-0.05, 0) is 24.3 Å². The number of aliphatic hydroxyl groups is 1. The van der Waals surface area contributed by atoms with Crippen molar-refractivity contribution in [1.82, 2.24) is 0 Å². The van der Waals surface area contributed by atoms with Gasteiger partial charge in [-0.15, -0.1) is 24.0 Å². The van der Waals surface area contributed by atoms with Crippen LogP contribution in [0.2, 0.25) is 0 Å². The number of nitrogens with two attached hydrogens (primary N) is 1. The standard InChI is InChI=1S/C10H15N3O2.HI/c1-15-9-4-2-8(3-5-9)13-10(11)12-6-7-14;/h2-5,14H,6-7H2,1H3,(H3,11,12,13);1H. The van der Waals surface area contributed by atoms with Crippen LogP contribution in [0.15, 0.2) is 29.3 Å². The van der Waals surface area contributed by atoms with Crippen LogP contribution in [0.5, 0.6) is 5.75 Å². The Kier molecular flexibility index (Phi) is 7.65. The molecule has 5 nitrogen and oxygen atoms in total. The molecule has 1 aromatic rings. The topological polar surface area (TPSA) is 79.9 Å². The predicted octanol–water partition coefficient (Wildman–Crippen LogP) is 1.03. The van der Waals surface area contributed by atoms with Crippen molar-refractivity contribution in [3.05, 3.63) is 24.3 Å².